The van der Waals surface area contributed by atoms with Gasteiger partial charge in [-0.25, -0.2) is 0 Å². The summed E-state index contributed by atoms with van der Waals surface area (Å²) in [6.07, 6.45) is 4.51. The highest BCUT2D eigenvalue weighted by molar-refractivity contribution is 5.97. The number of amides is 2. The SMILES string of the molecule is C=CCN(CC=C)C(=O)/C(C#N)=C\Nc1cccc(NC(C)=O)c1. The van der Waals surface area contributed by atoms with E-state index in [1.807, 2.05) is 6.07 Å². The second-order valence-electron chi connectivity index (χ2n) is 4.86. The van der Waals surface area contributed by atoms with Gasteiger partial charge in [0.25, 0.3) is 5.91 Å². The van der Waals surface area contributed by atoms with E-state index in [0.717, 1.165) is 0 Å². The fourth-order valence-corrected chi connectivity index (χ4v) is 1.91. The summed E-state index contributed by atoms with van der Waals surface area (Å²) < 4.78 is 0. The highest BCUT2D eigenvalue weighted by atomic mass is 16.2. The lowest BCUT2D eigenvalue weighted by Gasteiger charge is -2.18. The van der Waals surface area contributed by atoms with E-state index in [2.05, 4.69) is 23.8 Å². The maximum absolute atomic E-state index is 12.3. The van der Waals surface area contributed by atoms with Crippen molar-refractivity contribution in [3.05, 3.63) is 61.3 Å². The molecule has 1 aromatic carbocycles. The molecular weight excluding hydrogens is 304 g/mol. The summed E-state index contributed by atoms with van der Waals surface area (Å²) in [5.74, 6) is -0.595. The largest absolute Gasteiger partial charge is 0.360 e. The molecule has 0 heterocycles. The van der Waals surface area contributed by atoms with Gasteiger partial charge < -0.3 is 15.5 Å². The van der Waals surface area contributed by atoms with E-state index >= 15 is 0 Å². The fraction of sp³-hybridized carbons (Fsp3) is 0.167. The molecular formula is C18H20N4O2. The summed E-state index contributed by atoms with van der Waals surface area (Å²) in [5.41, 5.74) is 1.22. The Labute approximate surface area is 141 Å². The minimum atomic E-state index is -0.414. The zero-order chi connectivity index (χ0) is 17.9. The first-order valence-electron chi connectivity index (χ1n) is 7.27. The Kier molecular flexibility index (Phi) is 7.52. The van der Waals surface area contributed by atoms with Gasteiger partial charge in [-0.2, -0.15) is 5.26 Å². The van der Waals surface area contributed by atoms with Crippen LogP contribution in [0.5, 0.6) is 0 Å². The van der Waals surface area contributed by atoms with E-state index in [1.165, 1.54) is 18.0 Å². The summed E-state index contributed by atoms with van der Waals surface area (Å²) in [4.78, 5) is 24.9. The smallest absolute Gasteiger partial charge is 0.266 e. The van der Waals surface area contributed by atoms with Crippen LogP contribution in [0, 0.1) is 11.3 Å². The molecule has 0 saturated carbocycles. The maximum Gasteiger partial charge on any atom is 0.266 e. The maximum atomic E-state index is 12.3. The first kappa shape index (κ1) is 18.7. The van der Waals surface area contributed by atoms with Gasteiger partial charge in [-0.05, 0) is 18.2 Å². The van der Waals surface area contributed by atoms with Crippen LogP contribution in [0.1, 0.15) is 6.92 Å². The Balaban J connectivity index is 2.91. The summed E-state index contributed by atoms with van der Waals surface area (Å²) in [7, 11) is 0. The first-order valence-corrected chi connectivity index (χ1v) is 7.27. The third-order valence-electron chi connectivity index (χ3n) is 2.90. The summed E-state index contributed by atoms with van der Waals surface area (Å²) in [5, 5.41) is 14.8. The minimum Gasteiger partial charge on any atom is -0.360 e. The molecule has 0 radical (unpaired) electrons. The molecule has 0 aliphatic heterocycles. The molecule has 6 heteroatoms. The van der Waals surface area contributed by atoms with Gasteiger partial charge in [-0.1, -0.05) is 18.2 Å². The number of nitrogens with zero attached hydrogens (tertiary/aromatic N) is 2. The van der Waals surface area contributed by atoms with Crippen molar-refractivity contribution >= 4 is 23.2 Å². The Morgan fingerprint density at radius 2 is 1.88 bits per heavy atom. The van der Waals surface area contributed by atoms with Gasteiger partial charge in [-0.15, -0.1) is 13.2 Å². The summed E-state index contributed by atoms with van der Waals surface area (Å²) in [6.45, 7) is 9.25. The van der Waals surface area contributed by atoms with Crippen LogP contribution in [0.25, 0.3) is 0 Å². The van der Waals surface area contributed by atoms with Crippen molar-refractivity contribution in [2.24, 2.45) is 0 Å². The number of nitrogens with one attached hydrogen (secondary N) is 2. The van der Waals surface area contributed by atoms with Crippen LogP contribution < -0.4 is 10.6 Å². The van der Waals surface area contributed by atoms with Gasteiger partial charge in [0.05, 0.1) is 0 Å². The van der Waals surface area contributed by atoms with Crippen LogP contribution in [0.2, 0.25) is 0 Å². The molecule has 0 unspecified atom stereocenters. The van der Waals surface area contributed by atoms with E-state index in [-0.39, 0.29) is 11.5 Å². The topological polar surface area (TPSA) is 85.2 Å². The van der Waals surface area contributed by atoms with Crippen molar-refractivity contribution in [3.8, 4) is 6.07 Å². The van der Waals surface area contributed by atoms with Crippen LogP contribution in [0.4, 0.5) is 11.4 Å². The number of carbonyl (C=O) groups is 2. The van der Waals surface area contributed by atoms with Crippen molar-refractivity contribution in [3.63, 3.8) is 0 Å². The van der Waals surface area contributed by atoms with Gasteiger partial charge in [0, 0.05) is 37.6 Å². The van der Waals surface area contributed by atoms with Crippen molar-refractivity contribution in [2.75, 3.05) is 23.7 Å². The quantitative estimate of drug-likeness (QED) is 0.437. The standard InChI is InChI=1S/C18H20N4O2/c1-4-9-22(10-5-2)18(24)15(12-19)13-20-16-7-6-8-17(11-16)21-14(3)23/h4-8,11,13,20H,1-2,9-10H2,3H3,(H,21,23)/b15-13-. The molecule has 0 saturated heterocycles. The zero-order valence-corrected chi connectivity index (χ0v) is 13.6. The Morgan fingerprint density at radius 1 is 1.25 bits per heavy atom. The van der Waals surface area contributed by atoms with E-state index in [4.69, 9.17) is 0 Å². The molecule has 24 heavy (non-hydrogen) atoms. The monoisotopic (exact) mass is 324 g/mol. The van der Waals surface area contributed by atoms with Crippen LogP contribution >= 0.6 is 0 Å². The molecule has 0 atom stereocenters. The van der Waals surface area contributed by atoms with Crippen LogP contribution in [0.15, 0.2) is 61.3 Å². The van der Waals surface area contributed by atoms with Crippen LogP contribution in [-0.4, -0.2) is 29.8 Å². The molecule has 2 amide bonds. The van der Waals surface area contributed by atoms with Gasteiger partial charge >= 0.3 is 0 Å². The van der Waals surface area contributed by atoms with Crippen molar-refractivity contribution < 1.29 is 9.59 Å². The van der Waals surface area contributed by atoms with Crippen molar-refractivity contribution in [2.45, 2.75) is 6.92 Å². The number of nitriles is 1. The first-order chi connectivity index (χ1) is 11.5. The second-order valence-corrected chi connectivity index (χ2v) is 4.86. The Hall–Kier alpha value is -3.33. The number of hydrogen-bond donors (Lipinski definition) is 2. The van der Waals surface area contributed by atoms with E-state index < -0.39 is 5.91 Å². The number of carbonyl (C=O) groups excluding carboxylic acids is 2. The summed E-state index contributed by atoms with van der Waals surface area (Å²) >= 11 is 0. The molecule has 2 N–H and O–H groups in total. The lowest BCUT2D eigenvalue weighted by Crippen LogP contribution is -2.32. The predicted octanol–water partition coefficient (Wildman–Crippen LogP) is 2.66. The van der Waals surface area contributed by atoms with Crippen LogP contribution in [-0.2, 0) is 9.59 Å². The van der Waals surface area contributed by atoms with E-state index in [9.17, 15) is 14.9 Å². The lowest BCUT2D eigenvalue weighted by molar-refractivity contribution is -0.125. The normalized spacial score (nSPS) is 10.2. The fourth-order valence-electron chi connectivity index (χ4n) is 1.91. The van der Waals surface area contributed by atoms with Crippen molar-refractivity contribution in [1.82, 2.24) is 4.90 Å². The lowest BCUT2D eigenvalue weighted by atomic mass is 10.2. The predicted molar refractivity (Wildman–Crippen MR) is 95.0 cm³/mol. The molecule has 0 aromatic heterocycles. The number of rotatable bonds is 8. The molecule has 1 aromatic rings. The molecule has 0 aliphatic carbocycles. The number of anilines is 2. The molecule has 1 rings (SSSR count). The van der Waals surface area contributed by atoms with Crippen molar-refractivity contribution in [1.29, 1.82) is 5.26 Å². The van der Waals surface area contributed by atoms with E-state index in [1.54, 1.807) is 36.4 Å². The Morgan fingerprint density at radius 3 is 2.42 bits per heavy atom. The average molecular weight is 324 g/mol. The molecule has 0 aliphatic rings. The molecule has 0 fully saturated rings. The van der Waals surface area contributed by atoms with Gasteiger partial charge in [-0.3, -0.25) is 9.59 Å². The highest BCUT2D eigenvalue weighted by Gasteiger charge is 2.15. The highest BCUT2D eigenvalue weighted by Crippen LogP contribution is 2.15. The molecule has 0 bridgehead atoms. The molecule has 124 valence electrons. The third-order valence-corrected chi connectivity index (χ3v) is 2.90. The second kappa shape index (κ2) is 9.64. The zero-order valence-electron chi connectivity index (χ0n) is 13.6. The van der Waals surface area contributed by atoms with Crippen LogP contribution in [0.3, 0.4) is 0 Å². The molecule has 0 spiro atoms. The number of benzene rings is 1. The Bertz CT molecular complexity index is 691. The van der Waals surface area contributed by atoms with Gasteiger partial charge in [0.15, 0.2) is 0 Å². The average Bonchev–Trinajstić information content (AvgIpc) is 2.54. The van der Waals surface area contributed by atoms with Gasteiger partial charge in [0.1, 0.15) is 11.6 Å². The van der Waals surface area contributed by atoms with Gasteiger partial charge in [0.2, 0.25) is 5.91 Å². The van der Waals surface area contributed by atoms with E-state index in [0.29, 0.717) is 24.5 Å². The number of hydrogen-bond acceptors (Lipinski definition) is 4. The summed E-state index contributed by atoms with van der Waals surface area (Å²) in [6, 6.07) is 8.82. The third kappa shape index (κ3) is 5.81. The minimum absolute atomic E-state index is 0.0383. The molecule has 6 nitrogen and oxygen atoms in total.